The minimum absolute atomic E-state index is 0.0481. The van der Waals surface area contributed by atoms with Crippen LogP contribution in [0.4, 0.5) is 4.79 Å². The third-order valence-electron chi connectivity index (χ3n) is 4.65. The van der Waals surface area contributed by atoms with Crippen molar-refractivity contribution in [3.05, 3.63) is 101 Å². The molecule has 1 aliphatic rings. The van der Waals surface area contributed by atoms with Crippen LogP contribution in [0.2, 0.25) is 0 Å². The molecule has 9 heteroatoms. The smallest absolute Gasteiger partial charge is 0.343 e. The standard InChI is InChI=1S/C25H16N2O7/c28-21-18(22(29)27-25(32)26-21)13-15-11-12-19(33-23(30)16-7-3-1-4-8-16)20(14-15)34-24(31)17-9-5-2-6-10-17/h1-14H,(H2,26,27,28,29,32). The van der Waals surface area contributed by atoms with E-state index in [0.717, 1.165) is 0 Å². The van der Waals surface area contributed by atoms with Gasteiger partial charge in [-0.25, -0.2) is 14.4 Å². The highest BCUT2D eigenvalue weighted by atomic mass is 16.6. The quantitative estimate of drug-likeness (QED) is 0.261. The number of imide groups is 2. The number of barbiturate groups is 1. The molecule has 0 aromatic heterocycles. The van der Waals surface area contributed by atoms with Crippen molar-refractivity contribution >= 4 is 35.9 Å². The molecule has 0 radical (unpaired) electrons. The Bertz CT molecular complexity index is 1310. The SMILES string of the molecule is O=C1NC(=O)C(=Cc2ccc(OC(=O)c3ccccc3)c(OC(=O)c3ccccc3)c2)C(=O)N1. The van der Waals surface area contributed by atoms with Gasteiger partial charge in [-0.15, -0.1) is 0 Å². The van der Waals surface area contributed by atoms with Crippen LogP contribution in [-0.4, -0.2) is 29.8 Å². The highest BCUT2D eigenvalue weighted by molar-refractivity contribution is 6.31. The summed E-state index contributed by atoms with van der Waals surface area (Å²) >= 11 is 0. The second-order valence-electron chi connectivity index (χ2n) is 7.01. The number of carbonyl (C=O) groups is 5. The monoisotopic (exact) mass is 456 g/mol. The van der Waals surface area contributed by atoms with E-state index >= 15 is 0 Å². The number of hydrogen-bond acceptors (Lipinski definition) is 7. The molecule has 1 fully saturated rings. The first kappa shape index (κ1) is 22.2. The average Bonchev–Trinajstić information content (AvgIpc) is 2.84. The predicted octanol–water partition coefficient (Wildman–Crippen LogP) is 2.87. The Morgan fingerprint density at radius 2 is 1.15 bits per heavy atom. The van der Waals surface area contributed by atoms with E-state index in [9.17, 15) is 24.0 Å². The number of ether oxygens (including phenoxy) is 2. The Morgan fingerprint density at radius 1 is 0.647 bits per heavy atom. The summed E-state index contributed by atoms with van der Waals surface area (Å²) in [6, 6.07) is 19.6. The van der Waals surface area contributed by atoms with Crippen LogP contribution in [-0.2, 0) is 9.59 Å². The average molecular weight is 456 g/mol. The van der Waals surface area contributed by atoms with Crippen molar-refractivity contribution in [3.63, 3.8) is 0 Å². The Balaban J connectivity index is 1.68. The van der Waals surface area contributed by atoms with Crippen LogP contribution in [0.25, 0.3) is 6.08 Å². The molecule has 0 spiro atoms. The second kappa shape index (κ2) is 9.61. The third kappa shape index (κ3) is 5.05. The molecule has 3 aromatic rings. The van der Waals surface area contributed by atoms with E-state index < -0.39 is 29.8 Å². The minimum atomic E-state index is -0.923. The molecule has 0 aliphatic carbocycles. The van der Waals surface area contributed by atoms with Gasteiger partial charge in [-0.2, -0.15) is 0 Å². The van der Waals surface area contributed by atoms with Crippen molar-refractivity contribution in [2.75, 3.05) is 0 Å². The maximum Gasteiger partial charge on any atom is 0.343 e. The molecule has 1 aliphatic heterocycles. The second-order valence-corrected chi connectivity index (χ2v) is 7.01. The van der Waals surface area contributed by atoms with E-state index in [4.69, 9.17) is 9.47 Å². The van der Waals surface area contributed by atoms with E-state index in [2.05, 4.69) is 0 Å². The van der Waals surface area contributed by atoms with Gasteiger partial charge in [0.15, 0.2) is 11.5 Å². The lowest BCUT2D eigenvalue weighted by molar-refractivity contribution is -0.123. The molecule has 4 amide bonds. The number of benzene rings is 3. The summed E-state index contributed by atoms with van der Waals surface area (Å²) in [5.41, 5.74) is 0.504. The van der Waals surface area contributed by atoms with Gasteiger partial charge in [0.05, 0.1) is 11.1 Å². The predicted molar refractivity (Wildman–Crippen MR) is 119 cm³/mol. The first-order valence-corrected chi connectivity index (χ1v) is 9.97. The fraction of sp³-hybridized carbons (Fsp3) is 0. The lowest BCUT2D eigenvalue weighted by Crippen LogP contribution is -2.51. The first-order valence-electron chi connectivity index (χ1n) is 9.97. The van der Waals surface area contributed by atoms with Gasteiger partial charge in [-0.3, -0.25) is 20.2 Å². The number of urea groups is 1. The summed E-state index contributed by atoms with van der Waals surface area (Å²) in [5, 5.41) is 3.94. The highest BCUT2D eigenvalue weighted by Crippen LogP contribution is 2.31. The maximum absolute atomic E-state index is 12.6. The number of nitrogens with one attached hydrogen (secondary N) is 2. The van der Waals surface area contributed by atoms with Crippen LogP contribution in [0.15, 0.2) is 84.4 Å². The number of rotatable bonds is 5. The van der Waals surface area contributed by atoms with Gasteiger partial charge in [0.1, 0.15) is 5.57 Å². The van der Waals surface area contributed by atoms with E-state index in [1.54, 1.807) is 60.7 Å². The molecular formula is C25H16N2O7. The van der Waals surface area contributed by atoms with Gasteiger partial charge >= 0.3 is 18.0 Å². The highest BCUT2D eigenvalue weighted by Gasteiger charge is 2.28. The van der Waals surface area contributed by atoms with Crippen molar-refractivity contribution in [3.8, 4) is 11.5 Å². The van der Waals surface area contributed by atoms with Crippen LogP contribution in [0.5, 0.6) is 11.5 Å². The van der Waals surface area contributed by atoms with Gasteiger partial charge in [0.2, 0.25) is 0 Å². The van der Waals surface area contributed by atoms with Crippen molar-refractivity contribution in [1.82, 2.24) is 10.6 Å². The fourth-order valence-electron chi connectivity index (χ4n) is 3.02. The summed E-state index contributed by atoms with van der Waals surface area (Å²) in [5.74, 6) is -3.30. The number of hydrogen-bond donors (Lipinski definition) is 2. The molecule has 3 aromatic carbocycles. The van der Waals surface area contributed by atoms with Crippen molar-refractivity contribution in [1.29, 1.82) is 0 Å². The molecule has 1 heterocycles. The largest absolute Gasteiger partial charge is 0.419 e. The number of amides is 4. The Morgan fingerprint density at radius 3 is 1.68 bits per heavy atom. The molecule has 168 valence electrons. The van der Waals surface area contributed by atoms with E-state index in [1.165, 1.54) is 24.3 Å². The zero-order valence-corrected chi connectivity index (χ0v) is 17.4. The van der Waals surface area contributed by atoms with E-state index in [-0.39, 0.29) is 33.8 Å². The Kier molecular flexibility index (Phi) is 6.26. The molecule has 1 saturated heterocycles. The van der Waals surface area contributed by atoms with Gasteiger partial charge < -0.3 is 9.47 Å². The summed E-state index contributed by atoms with van der Waals surface area (Å²) in [4.78, 5) is 60.4. The van der Waals surface area contributed by atoms with Crippen molar-refractivity contribution in [2.45, 2.75) is 0 Å². The van der Waals surface area contributed by atoms with Gasteiger partial charge in [-0.1, -0.05) is 42.5 Å². The van der Waals surface area contributed by atoms with Crippen molar-refractivity contribution in [2.24, 2.45) is 0 Å². The number of carbonyl (C=O) groups excluding carboxylic acids is 5. The van der Waals surface area contributed by atoms with Gasteiger partial charge in [-0.05, 0) is 48.0 Å². The summed E-state index contributed by atoms with van der Waals surface area (Å²) < 4.78 is 10.9. The van der Waals surface area contributed by atoms with Crippen LogP contribution >= 0.6 is 0 Å². The molecule has 0 bridgehead atoms. The molecule has 0 saturated carbocycles. The lowest BCUT2D eigenvalue weighted by Gasteiger charge is -2.15. The molecule has 0 atom stereocenters. The molecule has 4 rings (SSSR count). The van der Waals surface area contributed by atoms with E-state index in [1.807, 2.05) is 10.6 Å². The summed E-state index contributed by atoms with van der Waals surface area (Å²) in [7, 11) is 0. The topological polar surface area (TPSA) is 128 Å². The molecule has 9 nitrogen and oxygen atoms in total. The lowest BCUT2D eigenvalue weighted by atomic mass is 10.1. The summed E-state index contributed by atoms with van der Waals surface area (Å²) in [6.07, 6.45) is 1.21. The number of esters is 2. The fourth-order valence-corrected chi connectivity index (χ4v) is 3.02. The molecule has 0 unspecified atom stereocenters. The Labute approximate surface area is 193 Å². The molecule has 34 heavy (non-hydrogen) atoms. The Hall–Kier alpha value is -5.05. The zero-order valence-electron chi connectivity index (χ0n) is 17.4. The molecular weight excluding hydrogens is 440 g/mol. The first-order chi connectivity index (χ1) is 16.4. The van der Waals surface area contributed by atoms with Crippen LogP contribution < -0.4 is 20.1 Å². The molecule has 2 N–H and O–H groups in total. The maximum atomic E-state index is 12.6. The normalized spacial score (nSPS) is 12.9. The van der Waals surface area contributed by atoms with Crippen molar-refractivity contribution < 1.29 is 33.4 Å². The third-order valence-corrected chi connectivity index (χ3v) is 4.65. The zero-order chi connectivity index (χ0) is 24.1. The van der Waals surface area contributed by atoms with Crippen LogP contribution in [0, 0.1) is 0 Å². The van der Waals surface area contributed by atoms with E-state index in [0.29, 0.717) is 0 Å². The summed E-state index contributed by atoms with van der Waals surface area (Å²) in [6.45, 7) is 0. The van der Waals surface area contributed by atoms with Crippen LogP contribution in [0.3, 0.4) is 0 Å². The minimum Gasteiger partial charge on any atom is -0.419 e. The van der Waals surface area contributed by atoms with Crippen LogP contribution in [0.1, 0.15) is 26.3 Å². The van der Waals surface area contributed by atoms with Gasteiger partial charge in [0, 0.05) is 0 Å². The van der Waals surface area contributed by atoms with Gasteiger partial charge in [0.25, 0.3) is 11.8 Å².